The van der Waals surface area contributed by atoms with Crippen molar-refractivity contribution in [1.82, 2.24) is 19.8 Å². The van der Waals surface area contributed by atoms with E-state index in [0.29, 0.717) is 38.9 Å². The van der Waals surface area contributed by atoms with Crippen LogP contribution in [-0.2, 0) is 19.6 Å². The summed E-state index contributed by atoms with van der Waals surface area (Å²) in [6, 6.07) is 0. The minimum Gasteiger partial charge on any atom is -0.356 e. The van der Waals surface area contributed by atoms with Crippen molar-refractivity contribution in [2.24, 2.45) is 5.92 Å². The van der Waals surface area contributed by atoms with E-state index in [9.17, 15) is 18.0 Å². The molecule has 2 aliphatic heterocycles. The lowest BCUT2D eigenvalue weighted by molar-refractivity contribution is -0.126. The lowest BCUT2D eigenvalue weighted by Crippen LogP contribution is -2.38. The Morgan fingerprint density at radius 3 is 2.58 bits per heavy atom. The van der Waals surface area contributed by atoms with E-state index in [1.54, 1.807) is 0 Å². The number of carbonyl (C=O) groups is 2. The first-order chi connectivity index (χ1) is 12.4. The van der Waals surface area contributed by atoms with Gasteiger partial charge in [0.05, 0.1) is 6.26 Å². The molecular weight excluding hydrogens is 356 g/mol. The number of nitrogens with zero attached hydrogens (tertiary/aromatic N) is 2. The second-order valence-electron chi connectivity index (χ2n) is 7.23. The van der Waals surface area contributed by atoms with Crippen LogP contribution in [0.15, 0.2) is 0 Å². The molecule has 0 radical (unpaired) electrons. The molecule has 0 saturated carbocycles. The van der Waals surface area contributed by atoms with Gasteiger partial charge in [-0.15, -0.1) is 0 Å². The van der Waals surface area contributed by atoms with Gasteiger partial charge < -0.3 is 15.5 Å². The lowest BCUT2D eigenvalue weighted by Gasteiger charge is -2.21. The van der Waals surface area contributed by atoms with E-state index in [0.717, 1.165) is 25.9 Å². The molecule has 2 amide bonds. The van der Waals surface area contributed by atoms with Gasteiger partial charge in [-0.3, -0.25) is 9.59 Å². The molecular formula is C17H32N4O4S. The molecule has 26 heavy (non-hydrogen) atoms. The quantitative estimate of drug-likeness (QED) is 0.678. The molecule has 0 spiro atoms. The van der Waals surface area contributed by atoms with E-state index >= 15 is 0 Å². The number of rotatable bonds is 5. The molecule has 1 unspecified atom stereocenters. The van der Waals surface area contributed by atoms with Gasteiger partial charge in [-0.1, -0.05) is 0 Å². The Labute approximate surface area is 156 Å². The van der Waals surface area contributed by atoms with Crippen LogP contribution in [0.25, 0.3) is 0 Å². The third kappa shape index (κ3) is 7.20. The number of likely N-dealkylation sites (tertiary alicyclic amines) is 1. The molecule has 2 aliphatic rings. The van der Waals surface area contributed by atoms with E-state index in [4.69, 9.17) is 0 Å². The number of hydrogen-bond donors (Lipinski definition) is 2. The molecule has 2 fully saturated rings. The topological polar surface area (TPSA) is 98.8 Å². The van der Waals surface area contributed by atoms with Gasteiger partial charge in [0.2, 0.25) is 21.8 Å². The number of carbonyl (C=O) groups excluding carboxylic acids is 2. The first-order valence-corrected chi connectivity index (χ1v) is 11.4. The van der Waals surface area contributed by atoms with Crippen molar-refractivity contribution in [3.05, 3.63) is 0 Å². The van der Waals surface area contributed by atoms with Gasteiger partial charge in [-0.05, 0) is 45.2 Å². The second kappa shape index (κ2) is 10.2. The van der Waals surface area contributed by atoms with E-state index in [1.165, 1.54) is 17.1 Å². The normalized spacial score (nSPS) is 24.7. The van der Waals surface area contributed by atoms with Crippen LogP contribution in [0, 0.1) is 5.92 Å². The van der Waals surface area contributed by atoms with Crippen molar-refractivity contribution < 1.29 is 18.0 Å². The minimum absolute atomic E-state index is 0.00333. The second-order valence-corrected chi connectivity index (χ2v) is 9.21. The Kier molecular flexibility index (Phi) is 8.30. The number of nitrogens with one attached hydrogen (secondary N) is 2. The van der Waals surface area contributed by atoms with E-state index < -0.39 is 10.0 Å². The van der Waals surface area contributed by atoms with E-state index in [-0.39, 0.29) is 30.7 Å². The van der Waals surface area contributed by atoms with E-state index in [1.807, 2.05) is 0 Å². The summed E-state index contributed by atoms with van der Waals surface area (Å²) in [6.07, 6.45) is 5.59. The smallest absolute Gasteiger partial charge is 0.223 e. The number of sulfonamides is 1. The zero-order valence-electron chi connectivity index (χ0n) is 15.7. The van der Waals surface area contributed by atoms with Crippen molar-refractivity contribution in [2.75, 3.05) is 52.1 Å². The highest BCUT2D eigenvalue weighted by Gasteiger charge is 2.23. The third-order valence-corrected chi connectivity index (χ3v) is 6.43. The maximum absolute atomic E-state index is 12.5. The van der Waals surface area contributed by atoms with Crippen LogP contribution in [0.3, 0.4) is 0 Å². The molecule has 0 bridgehead atoms. The van der Waals surface area contributed by atoms with Gasteiger partial charge in [0.15, 0.2) is 0 Å². The summed E-state index contributed by atoms with van der Waals surface area (Å²) in [4.78, 5) is 26.7. The Morgan fingerprint density at radius 2 is 1.88 bits per heavy atom. The molecule has 0 aromatic carbocycles. The molecule has 2 rings (SSSR count). The lowest BCUT2D eigenvalue weighted by atomic mass is 9.98. The van der Waals surface area contributed by atoms with Crippen molar-refractivity contribution >= 4 is 21.8 Å². The van der Waals surface area contributed by atoms with E-state index in [2.05, 4.69) is 15.5 Å². The Morgan fingerprint density at radius 1 is 1.15 bits per heavy atom. The summed E-state index contributed by atoms with van der Waals surface area (Å²) in [5, 5.41) is 5.80. The van der Waals surface area contributed by atoms with Crippen LogP contribution in [0.5, 0.6) is 0 Å². The van der Waals surface area contributed by atoms with Gasteiger partial charge in [0.1, 0.15) is 0 Å². The SMILES string of the molecule is CS(=O)(=O)N1CCCC(C(=O)NCCN2CCCC2)CCNC(=O)CC1. The third-order valence-electron chi connectivity index (χ3n) is 5.13. The maximum Gasteiger partial charge on any atom is 0.223 e. The highest BCUT2D eigenvalue weighted by molar-refractivity contribution is 7.88. The molecule has 1 atom stereocenters. The molecule has 0 aromatic heterocycles. The fourth-order valence-electron chi connectivity index (χ4n) is 3.55. The fraction of sp³-hybridized carbons (Fsp3) is 0.882. The number of amides is 2. The van der Waals surface area contributed by atoms with Crippen LogP contribution in [0.1, 0.15) is 38.5 Å². The zero-order chi connectivity index (χ0) is 19.0. The van der Waals surface area contributed by atoms with Gasteiger partial charge >= 0.3 is 0 Å². The zero-order valence-corrected chi connectivity index (χ0v) is 16.5. The van der Waals surface area contributed by atoms with Crippen LogP contribution in [-0.4, -0.2) is 81.5 Å². The highest BCUT2D eigenvalue weighted by atomic mass is 32.2. The number of hydrogen-bond acceptors (Lipinski definition) is 5. The average molecular weight is 389 g/mol. The fourth-order valence-corrected chi connectivity index (χ4v) is 4.44. The van der Waals surface area contributed by atoms with Gasteiger partial charge in [-0.25, -0.2) is 12.7 Å². The molecule has 150 valence electrons. The predicted octanol–water partition coefficient (Wildman–Crippen LogP) is -0.234. The summed E-state index contributed by atoms with van der Waals surface area (Å²) < 4.78 is 25.0. The largest absolute Gasteiger partial charge is 0.356 e. The molecule has 2 N–H and O–H groups in total. The van der Waals surface area contributed by atoms with Crippen LogP contribution >= 0.6 is 0 Å². The highest BCUT2D eigenvalue weighted by Crippen LogP contribution is 2.14. The predicted molar refractivity (Wildman–Crippen MR) is 100 cm³/mol. The van der Waals surface area contributed by atoms with Gasteiger partial charge in [0.25, 0.3) is 0 Å². The molecule has 2 heterocycles. The molecule has 2 saturated heterocycles. The van der Waals surface area contributed by atoms with Crippen molar-refractivity contribution in [1.29, 1.82) is 0 Å². The summed E-state index contributed by atoms with van der Waals surface area (Å²) >= 11 is 0. The van der Waals surface area contributed by atoms with Crippen molar-refractivity contribution in [3.63, 3.8) is 0 Å². The Bertz CT molecular complexity index is 575. The summed E-state index contributed by atoms with van der Waals surface area (Å²) in [5.41, 5.74) is 0. The standard InChI is InChI=1S/C17H32N4O4S/c1-26(24,25)21-12-4-5-15(6-8-18-16(22)7-13-21)17(23)19-9-14-20-10-2-3-11-20/h15H,2-14H2,1H3,(H,18,22)(H,19,23). The molecule has 0 aliphatic carbocycles. The average Bonchev–Trinajstić information content (AvgIpc) is 3.06. The van der Waals surface area contributed by atoms with Crippen LogP contribution in [0.4, 0.5) is 0 Å². The van der Waals surface area contributed by atoms with Gasteiger partial charge in [0, 0.05) is 45.1 Å². The first kappa shape index (κ1) is 21.1. The molecule has 0 aromatic rings. The van der Waals surface area contributed by atoms with Crippen molar-refractivity contribution in [3.8, 4) is 0 Å². The minimum atomic E-state index is -3.34. The van der Waals surface area contributed by atoms with Crippen LogP contribution < -0.4 is 10.6 Å². The van der Waals surface area contributed by atoms with Crippen LogP contribution in [0.2, 0.25) is 0 Å². The molecule has 8 nitrogen and oxygen atoms in total. The maximum atomic E-state index is 12.5. The van der Waals surface area contributed by atoms with Crippen molar-refractivity contribution in [2.45, 2.75) is 38.5 Å². The van der Waals surface area contributed by atoms with Gasteiger partial charge in [-0.2, -0.15) is 0 Å². The Hall–Kier alpha value is -1.19. The summed E-state index contributed by atoms with van der Waals surface area (Å²) in [5.74, 6) is -0.370. The summed E-state index contributed by atoms with van der Waals surface area (Å²) in [6.45, 7) is 4.70. The first-order valence-electron chi connectivity index (χ1n) is 9.58. The summed E-state index contributed by atoms with van der Waals surface area (Å²) in [7, 11) is -3.34. The monoisotopic (exact) mass is 388 g/mol. The molecule has 9 heteroatoms. The Balaban J connectivity index is 1.85.